The molecule has 1 saturated heterocycles. The summed E-state index contributed by atoms with van der Waals surface area (Å²) < 4.78 is 8.64. The molecule has 0 atom stereocenters. The topological polar surface area (TPSA) is 19.4 Å². The first-order valence-electron chi connectivity index (χ1n) is 9.15. The summed E-state index contributed by atoms with van der Waals surface area (Å²) in [5.74, 6) is 0.871. The highest BCUT2D eigenvalue weighted by Crippen LogP contribution is 2.23. The molecule has 0 bridgehead atoms. The lowest BCUT2D eigenvalue weighted by Crippen LogP contribution is -2.44. The molecule has 3 nitrogen and oxygen atoms in total. The average molecular weight is 368 g/mol. The molecule has 0 N–H and O–H groups in total. The van der Waals surface area contributed by atoms with Crippen LogP contribution in [0.15, 0.2) is 59.0 Å². The quantitative estimate of drug-likeness (QED) is 0.631. The minimum absolute atomic E-state index is 0.551. The number of fused-ring (bicyclic) bond motifs is 1. The van der Waals surface area contributed by atoms with E-state index in [2.05, 4.69) is 41.8 Å². The van der Waals surface area contributed by atoms with Gasteiger partial charge >= 0.3 is 0 Å². The zero-order valence-electron chi connectivity index (χ0n) is 15.3. The van der Waals surface area contributed by atoms with E-state index in [0.717, 1.165) is 40.4 Å². The van der Waals surface area contributed by atoms with E-state index in [1.54, 1.807) is 0 Å². The van der Waals surface area contributed by atoms with Gasteiger partial charge in [0.05, 0.1) is 11.5 Å². The van der Waals surface area contributed by atoms with E-state index < -0.39 is 0 Å². The van der Waals surface area contributed by atoms with Gasteiger partial charge in [-0.15, -0.1) is 0 Å². The second kappa shape index (κ2) is 7.26. The number of nitrogens with zero attached hydrogens (tertiary/aromatic N) is 2. The number of likely N-dealkylation sites (tertiary alicyclic amines) is 1. The van der Waals surface area contributed by atoms with Gasteiger partial charge in [0.2, 0.25) is 5.36 Å². The van der Waals surface area contributed by atoms with Gasteiger partial charge in [-0.25, -0.2) is 4.58 Å². The minimum atomic E-state index is 0.551. The van der Waals surface area contributed by atoms with E-state index >= 15 is 0 Å². The monoisotopic (exact) mass is 367 g/mol. The standard InChI is InChI=1S/C22H24ClN2O/c1-24-13-11-18(12-14-24)25(2)20-15-22(16-7-9-17(23)10-8-16)26-21-6-4-3-5-19(20)21/h3-10,15,18H,11-14H2,1-2H3/q+1. The van der Waals surface area contributed by atoms with Crippen LogP contribution in [-0.2, 0) is 0 Å². The van der Waals surface area contributed by atoms with Crippen molar-refractivity contribution in [3.05, 3.63) is 65.0 Å². The van der Waals surface area contributed by atoms with E-state index in [1.807, 2.05) is 36.4 Å². The van der Waals surface area contributed by atoms with Crippen LogP contribution in [0.1, 0.15) is 12.8 Å². The van der Waals surface area contributed by atoms with Gasteiger partial charge in [0.15, 0.2) is 6.04 Å². The van der Waals surface area contributed by atoms with Crippen molar-refractivity contribution in [3.63, 3.8) is 0 Å². The summed E-state index contributed by atoms with van der Waals surface area (Å²) in [6, 6.07) is 18.8. The predicted octanol–water partition coefficient (Wildman–Crippen LogP) is 4.25. The summed E-state index contributed by atoms with van der Waals surface area (Å²) in [5.41, 5.74) is 1.95. The molecule has 0 radical (unpaired) electrons. The molecule has 1 aromatic heterocycles. The smallest absolute Gasteiger partial charge is 0.214 e. The molecule has 3 aromatic rings. The van der Waals surface area contributed by atoms with Crippen molar-refractivity contribution in [2.24, 2.45) is 0 Å². The van der Waals surface area contributed by atoms with E-state index in [9.17, 15) is 0 Å². The van der Waals surface area contributed by atoms with Crippen molar-refractivity contribution >= 4 is 22.6 Å². The molecule has 1 aliphatic rings. The Labute approximate surface area is 159 Å². The molecule has 0 amide bonds. The average Bonchev–Trinajstić information content (AvgIpc) is 2.68. The largest absolute Gasteiger partial charge is 0.456 e. The molecule has 4 rings (SSSR count). The fraction of sp³-hybridized carbons (Fsp3) is 0.318. The van der Waals surface area contributed by atoms with E-state index in [0.29, 0.717) is 6.04 Å². The molecule has 0 unspecified atom stereocenters. The van der Waals surface area contributed by atoms with Crippen molar-refractivity contribution < 1.29 is 4.42 Å². The van der Waals surface area contributed by atoms with Crippen LogP contribution >= 0.6 is 11.6 Å². The van der Waals surface area contributed by atoms with Gasteiger partial charge in [0, 0.05) is 36.5 Å². The minimum Gasteiger partial charge on any atom is -0.456 e. The molecule has 0 saturated carbocycles. The van der Waals surface area contributed by atoms with Gasteiger partial charge in [-0.05, 0) is 43.4 Å². The van der Waals surface area contributed by atoms with Crippen LogP contribution in [0.4, 0.5) is 0 Å². The summed E-state index contributed by atoms with van der Waals surface area (Å²) in [5, 5.41) is 3.12. The molecule has 0 spiro atoms. The number of benzene rings is 2. The second-order valence-electron chi connectivity index (χ2n) is 7.14. The molecule has 4 heteroatoms. The molecular weight excluding hydrogens is 344 g/mol. The molecule has 1 fully saturated rings. The molecular formula is C22H24ClN2O+. The maximum absolute atomic E-state index is 6.20. The van der Waals surface area contributed by atoms with Crippen LogP contribution in [0.3, 0.4) is 0 Å². The second-order valence-corrected chi connectivity index (χ2v) is 7.58. The molecule has 2 aromatic carbocycles. The molecule has 1 aliphatic heterocycles. The first-order chi connectivity index (χ1) is 12.6. The van der Waals surface area contributed by atoms with Crippen LogP contribution in [0, 0.1) is 0 Å². The van der Waals surface area contributed by atoms with Crippen molar-refractivity contribution in [1.82, 2.24) is 9.48 Å². The van der Waals surface area contributed by atoms with Crippen molar-refractivity contribution in [3.8, 4) is 11.3 Å². The maximum Gasteiger partial charge on any atom is 0.214 e. The number of halogens is 1. The number of para-hydroxylation sites is 1. The van der Waals surface area contributed by atoms with Gasteiger partial charge in [0.1, 0.15) is 18.4 Å². The first-order valence-corrected chi connectivity index (χ1v) is 9.53. The zero-order valence-corrected chi connectivity index (χ0v) is 16.0. The van der Waals surface area contributed by atoms with Gasteiger partial charge in [0.25, 0.3) is 0 Å². The molecule has 0 aliphatic carbocycles. The highest BCUT2D eigenvalue weighted by Gasteiger charge is 2.24. The third-order valence-corrected chi connectivity index (χ3v) is 5.65. The summed E-state index contributed by atoms with van der Waals surface area (Å²) in [4.78, 5) is 2.40. The highest BCUT2D eigenvalue weighted by atomic mass is 35.5. The fourth-order valence-electron chi connectivity index (χ4n) is 3.74. The summed E-state index contributed by atoms with van der Waals surface area (Å²) in [6.45, 7) is 2.29. The van der Waals surface area contributed by atoms with Crippen LogP contribution in [0.2, 0.25) is 5.02 Å². The van der Waals surface area contributed by atoms with Gasteiger partial charge < -0.3 is 9.32 Å². The third kappa shape index (κ3) is 3.42. The number of rotatable bonds is 2. The van der Waals surface area contributed by atoms with Gasteiger partial charge in [-0.2, -0.15) is 0 Å². The fourth-order valence-corrected chi connectivity index (χ4v) is 3.87. The Balaban J connectivity index is 1.90. The normalized spacial score (nSPS) is 17.5. The predicted molar refractivity (Wildman–Crippen MR) is 108 cm³/mol. The van der Waals surface area contributed by atoms with Crippen LogP contribution in [0.25, 0.3) is 22.3 Å². The van der Waals surface area contributed by atoms with E-state index in [4.69, 9.17) is 16.0 Å². The highest BCUT2D eigenvalue weighted by molar-refractivity contribution is 6.30. The van der Waals surface area contributed by atoms with Crippen molar-refractivity contribution in [1.29, 1.82) is 0 Å². The Hall–Kier alpha value is -2.10. The number of piperidine rings is 1. The Morgan fingerprint density at radius 3 is 2.46 bits per heavy atom. The Kier molecular flexibility index (Phi) is 4.84. The van der Waals surface area contributed by atoms with Crippen molar-refractivity contribution in [2.75, 3.05) is 27.2 Å². The lowest BCUT2D eigenvalue weighted by atomic mass is 10.0. The Morgan fingerprint density at radius 1 is 1.04 bits per heavy atom. The van der Waals surface area contributed by atoms with E-state index in [-0.39, 0.29) is 0 Å². The van der Waals surface area contributed by atoms with Crippen LogP contribution in [0.5, 0.6) is 0 Å². The Morgan fingerprint density at radius 2 is 1.73 bits per heavy atom. The van der Waals surface area contributed by atoms with Crippen LogP contribution in [-0.4, -0.2) is 38.1 Å². The lowest BCUT2D eigenvalue weighted by molar-refractivity contribution is 0.227. The molecule has 2 heterocycles. The number of hydrogen-bond acceptors (Lipinski definition) is 2. The van der Waals surface area contributed by atoms with Gasteiger partial charge in [-0.1, -0.05) is 23.7 Å². The molecule has 26 heavy (non-hydrogen) atoms. The maximum atomic E-state index is 6.20. The summed E-state index contributed by atoms with van der Waals surface area (Å²) in [7, 11) is 4.41. The van der Waals surface area contributed by atoms with Gasteiger partial charge in [-0.3, -0.25) is 0 Å². The summed E-state index contributed by atoms with van der Waals surface area (Å²) in [6.07, 6.45) is 2.37. The van der Waals surface area contributed by atoms with Crippen LogP contribution < -0.4 is 9.93 Å². The van der Waals surface area contributed by atoms with E-state index in [1.165, 1.54) is 18.2 Å². The number of hydrogen-bond donors (Lipinski definition) is 0. The third-order valence-electron chi connectivity index (χ3n) is 5.40. The first kappa shape index (κ1) is 17.3. The lowest BCUT2D eigenvalue weighted by Gasteiger charge is -2.26. The molecule has 134 valence electrons. The Bertz CT molecular complexity index is 983. The summed E-state index contributed by atoms with van der Waals surface area (Å²) >= 11 is 6.05. The SMILES string of the molecule is CN1CCC([N+](C)=c2cc(-c3ccc(Cl)cc3)oc3ccccc23)CC1. The zero-order chi connectivity index (χ0) is 18.1. The van der Waals surface area contributed by atoms with Crippen molar-refractivity contribution in [2.45, 2.75) is 18.9 Å².